The van der Waals surface area contributed by atoms with Crippen LogP contribution in [0.5, 0.6) is 5.75 Å². The van der Waals surface area contributed by atoms with Crippen LogP contribution >= 0.6 is 0 Å². The van der Waals surface area contributed by atoms with Gasteiger partial charge in [-0.05, 0) is 36.8 Å². The molecule has 0 radical (unpaired) electrons. The summed E-state index contributed by atoms with van der Waals surface area (Å²) in [4.78, 5) is 37.8. The highest BCUT2D eigenvalue weighted by Gasteiger charge is 2.22. The fourth-order valence-corrected chi connectivity index (χ4v) is 2.79. The van der Waals surface area contributed by atoms with Crippen molar-refractivity contribution in [3.63, 3.8) is 0 Å². The highest BCUT2D eigenvalue weighted by molar-refractivity contribution is 6.43. The van der Waals surface area contributed by atoms with E-state index in [0.717, 1.165) is 6.42 Å². The summed E-state index contributed by atoms with van der Waals surface area (Å²) in [6.45, 7) is 0.657. The molecule has 134 valence electrons. The number of nitrogens with zero attached hydrogens (tertiary/aromatic N) is 1. The number of anilines is 3. The van der Waals surface area contributed by atoms with Crippen molar-refractivity contribution in [1.29, 1.82) is 0 Å². The lowest BCUT2D eigenvalue weighted by molar-refractivity contribution is -0.133. The maximum Gasteiger partial charge on any atom is 0.314 e. The molecule has 0 atom stereocenters. The summed E-state index contributed by atoms with van der Waals surface area (Å²) in [5, 5.41) is 5.07. The molecule has 0 saturated carbocycles. The van der Waals surface area contributed by atoms with Crippen molar-refractivity contribution in [2.24, 2.45) is 0 Å². The Hall–Kier alpha value is -3.35. The zero-order valence-corrected chi connectivity index (χ0v) is 14.3. The van der Waals surface area contributed by atoms with Crippen molar-refractivity contribution >= 4 is 34.8 Å². The molecule has 0 aromatic heterocycles. The quantitative estimate of drug-likeness (QED) is 0.826. The Kier molecular flexibility index (Phi) is 5.17. The van der Waals surface area contributed by atoms with E-state index in [4.69, 9.17) is 4.74 Å². The number of hydrogen-bond acceptors (Lipinski definition) is 4. The van der Waals surface area contributed by atoms with Gasteiger partial charge in [0.05, 0.1) is 12.8 Å². The maximum absolute atomic E-state index is 12.2. The molecular weight excluding hydrogens is 334 g/mol. The third-order valence-corrected chi connectivity index (χ3v) is 4.05. The fraction of sp³-hybridized carbons (Fsp3) is 0.211. The average Bonchev–Trinajstić information content (AvgIpc) is 3.08. The lowest BCUT2D eigenvalue weighted by atomic mass is 10.2. The van der Waals surface area contributed by atoms with E-state index in [1.54, 1.807) is 53.4 Å². The molecule has 1 saturated heterocycles. The molecule has 1 aliphatic rings. The van der Waals surface area contributed by atoms with Gasteiger partial charge in [-0.15, -0.1) is 0 Å². The van der Waals surface area contributed by atoms with E-state index >= 15 is 0 Å². The molecule has 1 aliphatic heterocycles. The standard InChI is InChI=1S/C19H19N3O4/c1-26-16-9-3-2-8-15(16)21-19(25)18(24)20-13-6-4-7-14(12-13)22-11-5-10-17(22)23/h2-4,6-9,12H,5,10-11H2,1H3,(H,20,24)(H,21,25). The molecule has 0 spiro atoms. The molecule has 0 unspecified atom stereocenters. The first-order valence-electron chi connectivity index (χ1n) is 8.24. The molecule has 26 heavy (non-hydrogen) atoms. The highest BCUT2D eigenvalue weighted by atomic mass is 16.5. The Bertz CT molecular complexity index is 850. The van der Waals surface area contributed by atoms with Gasteiger partial charge in [0.2, 0.25) is 5.91 Å². The fourth-order valence-electron chi connectivity index (χ4n) is 2.79. The predicted molar refractivity (Wildman–Crippen MR) is 98.3 cm³/mol. The smallest absolute Gasteiger partial charge is 0.314 e. The highest BCUT2D eigenvalue weighted by Crippen LogP contribution is 2.25. The molecule has 0 bridgehead atoms. The van der Waals surface area contributed by atoms with Gasteiger partial charge in [-0.3, -0.25) is 14.4 Å². The van der Waals surface area contributed by atoms with Crippen LogP contribution < -0.4 is 20.3 Å². The van der Waals surface area contributed by atoms with E-state index in [9.17, 15) is 14.4 Å². The molecule has 7 heteroatoms. The second-order valence-corrected chi connectivity index (χ2v) is 5.81. The van der Waals surface area contributed by atoms with Gasteiger partial charge in [-0.1, -0.05) is 18.2 Å². The van der Waals surface area contributed by atoms with Crippen molar-refractivity contribution < 1.29 is 19.1 Å². The van der Waals surface area contributed by atoms with Gasteiger partial charge >= 0.3 is 11.8 Å². The average molecular weight is 353 g/mol. The molecule has 2 aromatic carbocycles. The Morgan fingerprint density at radius 3 is 2.54 bits per heavy atom. The Balaban J connectivity index is 1.67. The van der Waals surface area contributed by atoms with E-state index < -0.39 is 11.8 Å². The summed E-state index contributed by atoms with van der Waals surface area (Å²) < 4.78 is 5.14. The van der Waals surface area contributed by atoms with Gasteiger partial charge in [-0.2, -0.15) is 0 Å². The molecule has 3 rings (SSSR count). The van der Waals surface area contributed by atoms with E-state index in [0.29, 0.717) is 35.8 Å². The number of benzene rings is 2. The van der Waals surface area contributed by atoms with Crippen LogP contribution in [0.3, 0.4) is 0 Å². The summed E-state index contributed by atoms with van der Waals surface area (Å²) in [6, 6.07) is 13.7. The number of amides is 3. The van der Waals surface area contributed by atoms with E-state index in [1.807, 2.05) is 0 Å². The van der Waals surface area contributed by atoms with Gasteiger partial charge in [0, 0.05) is 24.3 Å². The summed E-state index contributed by atoms with van der Waals surface area (Å²) in [7, 11) is 1.48. The zero-order valence-electron chi connectivity index (χ0n) is 14.3. The van der Waals surface area contributed by atoms with Crippen molar-refractivity contribution in [3.8, 4) is 5.75 Å². The number of carbonyl (C=O) groups excluding carboxylic acids is 3. The van der Waals surface area contributed by atoms with Crippen LogP contribution in [-0.4, -0.2) is 31.4 Å². The Labute approximate surface area is 150 Å². The lowest BCUT2D eigenvalue weighted by Crippen LogP contribution is -2.29. The van der Waals surface area contributed by atoms with Gasteiger partial charge in [0.1, 0.15) is 5.75 Å². The summed E-state index contributed by atoms with van der Waals surface area (Å²) in [5.41, 5.74) is 1.56. The van der Waals surface area contributed by atoms with Crippen LogP contribution in [0.15, 0.2) is 48.5 Å². The van der Waals surface area contributed by atoms with Gasteiger partial charge in [-0.25, -0.2) is 0 Å². The van der Waals surface area contributed by atoms with Crippen molar-refractivity contribution in [2.75, 3.05) is 29.2 Å². The maximum atomic E-state index is 12.2. The van der Waals surface area contributed by atoms with Crippen LogP contribution in [0.1, 0.15) is 12.8 Å². The molecule has 7 nitrogen and oxygen atoms in total. The van der Waals surface area contributed by atoms with Crippen LogP contribution in [0.4, 0.5) is 17.1 Å². The number of carbonyl (C=O) groups is 3. The summed E-state index contributed by atoms with van der Waals surface area (Å²) >= 11 is 0. The molecular formula is C19H19N3O4. The lowest BCUT2D eigenvalue weighted by Gasteiger charge is -2.16. The predicted octanol–water partition coefficient (Wildman–Crippen LogP) is 2.40. The monoisotopic (exact) mass is 353 g/mol. The SMILES string of the molecule is COc1ccccc1NC(=O)C(=O)Nc1cccc(N2CCCC2=O)c1. The van der Waals surface area contributed by atoms with Gasteiger partial charge < -0.3 is 20.3 Å². The Morgan fingerprint density at radius 2 is 1.81 bits per heavy atom. The summed E-state index contributed by atoms with van der Waals surface area (Å²) in [6.07, 6.45) is 1.34. The summed E-state index contributed by atoms with van der Waals surface area (Å²) in [5.74, 6) is -1.09. The first kappa shape index (κ1) is 17.5. The number of para-hydroxylation sites is 2. The molecule has 1 fully saturated rings. The van der Waals surface area contributed by atoms with Crippen LogP contribution in [0.2, 0.25) is 0 Å². The topological polar surface area (TPSA) is 87.7 Å². The van der Waals surface area contributed by atoms with Crippen LogP contribution in [0.25, 0.3) is 0 Å². The molecule has 2 aromatic rings. The number of ether oxygens (including phenoxy) is 1. The zero-order chi connectivity index (χ0) is 18.5. The van der Waals surface area contributed by atoms with Crippen LogP contribution in [0, 0.1) is 0 Å². The van der Waals surface area contributed by atoms with E-state index in [1.165, 1.54) is 7.11 Å². The third-order valence-electron chi connectivity index (χ3n) is 4.05. The van der Waals surface area contributed by atoms with E-state index in [2.05, 4.69) is 10.6 Å². The largest absolute Gasteiger partial charge is 0.495 e. The first-order chi connectivity index (χ1) is 12.6. The second kappa shape index (κ2) is 7.69. The van der Waals surface area contributed by atoms with Gasteiger partial charge in [0.15, 0.2) is 0 Å². The normalized spacial score (nSPS) is 13.4. The molecule has 2 N–H and O–H groups in total. The third kappa shape index (κ3) is 3.83. The number of nitrogens with one attached hydrogen (secondary N) is 2. The van der Waals surface area contributed by atoms with Crippen LogP contribution in [-0.2, 0) is 14.4 Å². The molecule has 0 aliphatic carbocycles. The minimum atomic E-state index is -0.808. The number of rotatable bonds is 4. The number of hydrogen-bond donors (Lipinski definition) is 2. The van der Waals surface area contributed by atoms with E-state index in [-0.39, 0.29) is 5.91 Å². The van der Waals surface area contributed by atoms with Crippen molar-refractivity contribution in [3.05, 3.63) is 48.5 Å². The second-order valence-electron chi connectivity index (χ2n) is 5.81. The van der Waals surface area contributed by atoms with Crippen molar-refractivity contribution in [1.82, 2.24) is 0 Å². The first-order valence-corrected chi connectivity index (χ1v) is 8.24. The Morgan fingerprint density at radius 1 is 1.04 bits per heavy atom. The minimum Gasteiger partial charge on any atom is -0.495 e. The molecule has 1 heterocycles. The number of methoxy groups -OCH3 is 1. The van der Waals surface area contributed by atoms with Crippen molar-refractivity contribution in [2.45, 2.75) is 12.8 Å². The van der Waals surface area contributed by atoms with Gasteiger partial charge in [0.25, 0.3) is 0 Å². The molecule has 3 amide bonds. The minimum absolute atomic E-state index is 0.0578.